The quantitative estimate of drug-likeness (QED) is 0.422. The number of hydrogen-bond acceptors (Lipinski definition) is 6. The van der Waals surface area contributed by atoms with Crippen LogP contribution in [-0.4, -0.2) is 29.5 Å². The summed E-state index contributed by atoms with van der Waals surface area (Å²) < 4.78 is 33.4. The van der Waals surface area contributed by atoms with Crippen LogP contribution in [-0.2, 0) is 9.53 Å². The second-order valence-electron chi connectivity index (χ2n) is 4.97. The number of esters is 1. The van der Waals surface area contributed by atoms with Gasteiger partial charge in [-0.15, -0.1) is 11.3 Å². The number of carbonyl (C=O) groups excluding carboxylic acids is 2. The number of aryl methyl sites for hydroxylation is 1. The number of benzene rings is 1. The number of ether oxygens (including phenoxy) is 2. The second kappa shape index (κ2) is 8.48. The predicted molar refractivity (Wildman–Crippen MR) is 88.8 cm³/mol. The smallest absolute Gasteiger partial charge is 0.387 e. The Morgan fingerprint density at radius 1 is 1.24 bits per heavy atom. The molecule has 5 nitrogen and oxygen atoms in total. The van der Waals surface area contributed by atoms with Crippen LogP contribution in [0.3, 0.4) is 0 Å². The van der Waals surface area contributed by atoms with Crippen LogP contribution >= 0.6 is 11.3 Å². The number of thiazole rings is 1. The van der Waals surface area contributed by atoms with Crippen LogP contribution in [0.5, 0.6) is 5.75 Å². The van der Waals surface area contributed by atoms with Gasteiger partial charge in [-0.3, -0.25) is 4.79 Å². The number of ketones is 1. The Bertz CT molecular complexity index is 771. The second-order valence-corrected chi connectivity index (χ2v) is 6.03. The molecular formula is C17H15F2NO4S. The van der Waals surface area contributed by atoms with Gasteiger partial charge in [-0.05, 0) is 44.2 Å². The maximum absolute atomic E-state index is 12.2. The van der Waals surface area contributed by atoms with E-state index in [1.807, 2.05) is 6.92 Å². The zero-order valence-corrected chi connectivity index (χ0v) is 14.3. The third kappa shape index (κ3) is 5.75. The first-order valence-corrected chi connectivity index (χ1v) is 8.13. The summed E-state index contributed by atoms with van der Waals surface area (Å²) >= 11 is 1.45. The molecule has 25 heavy (non-hydrogen) atoms. The van der Waals surface area contributed by atoms with E-state index in [4.69, 9.17) is 4.74 Å². The standard InChI is InChI=1S/C17H15F2NO4S/c1-10(23-15(21)8-5-13-9-25-11(2)20-13)16(22)12-3-6-14(7-4-12)24-17(18)19/h3-10,17H,1-2H3/b8-5+. The number of aromatic nitrogens is 1. The minimum atomic E-state index is -2.94. The van der Waals surface area contributed by atoms with Crippen molar-refractivity contribution < 1.29 is 27.8 Å². The number of Topliss-reactive ketones (excluding diaryl/α,β-unsaturated/α-hetero) is 1. The van der Waals surface area contributed by atoms with E-state index < -0.39 is 24.5 Å². The molecule has 2 rings (SSSR count). The number of alkyl halides is 2. The van der Waals surface area contributed by atoms with Gasteiger partial charge in [0.25, 0.3) is 0 Å². The fourth-order valence-electron chi connectivity index (χ4n) is 1.91. The molecule has 0 saturated carbocycles. The topological polar surface area (TPSA) is 65.5 Å². The number of nitrogens with zero attached hydrogens (tertiary/aromatic N) is 1. The minimum absolute atomic E-state index is 0.0577. The molecule has 8 heteroatoms. The molecule has 1 atom stereocenters. The summed E-state index contributed by atoms with van der Waals surface area (Å²) in [5, 5.41) is 2.66. The summed E-state index contributed by atoms with van der Waals surface area (Å²) in [4.78, 5) is 28.1. The third-order valence-corrected chi connectivity index (χ3v) is 3.84. The fourth-order valence-corrected chi connectivity index (χ4v) is 2.49. The molecule has 2 aromatic rings. The van der Waals surface area contributed by atoms with Gasteiger partial charge in [-0.1, -0.05) is 0 Å². The summed E-state index contributed by atoms with van der Waals surface area (Å²) in [6.45, 7) is 0.346. The molecule has 0 bridgehead atoms. The number of rotatable bonds is 7. The Labute approximate surface area is 146 Å². The van der Waals surface area contributed by atoms with Gasteiger partial charge < -0.3 is 9.47 Å². The van der Waals surface area contributed by atoms with Gasteiger partial charge in [-0.25, -0.2) is 9.78 Å². The summed E-state index contributed by atoms with van der Waals surface area (Å²) in [5.74, 6) is -1.18. The van der Waals surface area contributed by atoms with E-state index in [-0.39, 0.29) is 11.3 Å². The Hall–Kier alpha value is -2.61. The van der Waals surface area contributed by atoms with E-state index in [2.05, 4.69) is 9.72 Å². The van der Waals surface area contributed by atoms with E-state index >= 15 is 0 Å². The molecule has 132 valence electrons. The Morgan fingerprint density at radius 3 is 2.48 bits per heavy atom. The molecule has 1 aromatic heterocycles. The molecule has 0 spiro atoms. The first-order chi connectivity index (χ1) is 11.8. The van der Waals surface area contributed by atoms with Crippen molar-refractivity contribution in [2.24, 2.45) is 0 Å². The van der Waals surface area contributed by atoms with Crippen molar-refractivity contribution >= 4 is 29.2 Å². The lowest BCUT2D eigenvalue weighted by Gasteiger charge is -2.11. The van der Waals surface area contributed by atoms with Gasteiger partial charge in [0.15, 0.2) is 6.10 Å². The lowest BCUT2D eigenvalue weighted by molar-refractivity contribution is -0.140. The molecule has 1 heterocycles. The van der Waals surface area contributed by atoms with E-state index in [0.717, 1.165) is 5.01 Å². The highest BCUT2D eigenvalue weighted by Gasteiger charge is 2.18. The van der Waals surface area contributed by atoms with Crippen molar-refractivity contribution in [1.82, 2.24) is 4.98 Å². The normalized spacial score (nSPS) is 12.4. The zero-order chi connectivity index (χ0) is 18.4. The molecule has 0 aliphatic rings. The molecule has 0 saturated heterocycles. The van der Waals surface area contributed by atoms with Gasteiger partial charge in [0.05, 0.1) is 10.7 Å². The van der Waals surface area contributed by atoms with Crippen LogP contribution in [0.1, 0.15) is 28.0 Å². The number of hydrogen-bond donors (Lipinski definition) is 0. The average molecular weight is 367 g/mol. The van der Waals surface area contributed by atoms with E-state index in [1.165, 1.54) is 54.7 Å². The third-order valence-electron chi connectivity index (χ3n) is 3.05. The summed E-state index contributed by atoms with van der Waals surface area (Å²) in [5.41, 5.74) is 0.856. The van der Waals surface area contributed by atoms with Gasteiger partial charge in [-0.2, -0.15) is 8.78 Å². The number of halogens is 2. The maximum Gasteiger partial charge on any atom is 0.387 e. The largest absolute Gasteiger partial charge is 0.451 e. The van der Waals surface area contributed by atoms with Crippen molar-refractivity contribution in [2.45, 2.75) is 26.6 Å². The van der Waals surface area contributed by atoms with E-state index in [0.29, 0.717) is 5.69 Å². The summed E-state index contributed by atoms with van der Waals surface area (Å²) in [6.07, 6.45) is 1.67. The van der Waals surface area contributed by atoms with Crippen LogP contribution in [0, 0.1) is 6.92 Å². The van der Waals surface area contributed by atoms with Crippen LogP contribution in [0.15, 0.2) is 35.7 Å². The van der Waals surface area contributed by atoms with Gasteiger partial charge in [0.2, 0.25) is 5.78 Å². The molecular weight excluding hydrogens is 352 g/mol. The molecule has 0 aliphatic heterocycles. The van der Waals surface area contributed by atoms with E-state index in [9.17, 15) is 18.4 Å². The van der Waals surface area contributed by atoms with Crippen LogP contribution in [0.2, 0.25) is 0 Å². The maximum atomic E-state index is 12.2. The van der Waals surface area contributed by atoms with Gasteiger partial charge in [0, 0.05) is 17.0 Å². The summed E-state index contributed by atoms with van der Waals surface area (Å²) in [7, 11) is 0. The predicted octanol–water partition coefficient (Wildman–Crippen LogP) is 3.88. The van der Waals surface area contributed by atoms with E-state index in [1.54, 1.807) is 5.38 Å². The lowest BCUT2D eigenvalue weighted by Crippen LogP contribution is -2.23. The van der Waals surface area contributed by atoms with Crippen LogP contribution in [0.25, 0.3) is 6.08 Å². The molecule has 0 amide bonds. The number of carbonyl (C=O) groups is 2. The fraction of sp³-hybridized carbons (Fsp3) is 0.235. The monoisotopic (exact) mass is 367 g/mol. The first-order valence-electron chi connectivity index (χ1n) is 7.25. The summed E-state index contributed by atoms with van der Waals surface area (Å²) in [6, 6.07) is 5.16. The van der Waals surface area contributed by atoms with Crippen molar-refractivity contribution in [3.63, 3.8) is 0 Å². The molecule has 0 radical (unpaired) electrons. The van der Waals surface area contributed by atoms with Crippen LogP contribution < -0.4 is 4.74 Å². The van der Waals surface area contributed by atoms with Gasteiger partial charge in [0.1, 0.15) is 5.75 Å². The highest BCUT2D eigenvalue weighted by atomic mass is 32.1. The van der Waals surface area contributed by atoms with Gasteiger partial charge >= 0.3 is 12.6 Å². The van der Waals surface area contributed by atoms with Crippen molar-refractivity contribution in [1.29, 1.82) is 0 Å². The molecule has 1 unspecified atom stereocenters. The first kappa shape index (κ1) is 18.7. The minimum Gasteiger partial charge on any atom is -0.451 e. The highest BCUT2D eigenvalue weighted by molar-refractivity contribution is 7.09. The SMILES string of the molecule is Cc1nc(/C=C/C(=O)OC(C)C(=O)c2ccc(OC(F)F)cc2)cs1. The molecule has 0 aliphatic carbocycles. The Balaban J connectivity index is 1.92. The lowest BCUT2D eigenvalue weighted by atomic mass is 10.1. The Morgan fingerprint density at radius 2 is 1.92 bits per heavy atom. The Kier molecular flexibility index (Phi) is 6.35. The van der Waals surface area contributed by atoms with Crippen LogP contribution in [0.4, 0.5) is 8.78 Å². The van der Waals surface area contributed by atoms with Crippen molar-refractivity contribution in [3.8, 4) is 5.75 Å². The highest BCUT2D eigenvalue weighted by Crippen LogP contribution is 2.16. The molecule has 0 fully saturated rings. The molecule has 0 N–H and O–H groups in total. The van der Waals surface area contributed by atoms with Crippen molar-refractivity contribution in [3.05, 3.63) is 52.0 Å². The van der Waals surface area contributed by atoms with Crippen molar-refractivity contribution in [2.75, 3.05) is 0 Å². The molecule has 1 aromatic carbocycles. The zero-order valence-electron chi connectivity index (χ0n) is 13.4. The average Bonchev–Trinajstić information content (AvgIpc) is 2.98.